The van der Waals surface area contributed by atoms with E-state index in [1.807, 2.05) is 55.5 Å². The summed E-state index contributed by atoms with van der Waals surface area (Å²) in [6, 6.07) is 14.9. The maximum absolute atomic E-state index is 12.3. The van der Waals surface area contributed by atoms with Crippen LogP contribution in [0.4, 0.5) is 0 Å². The molecule has 0 unspecified atom stereocenters. The highest BCUT2D eigenvalue weighted by atomic mass is 16.1. The Morgan fingerprint density at radius 3 is 2.61 bits per heavy atom. The molecule has 0 bridgehead atoms. The van der Waals surface area contributed by atoms with Crippen molar-refractivity contribution in [2.24, 2.45) is 0 Å². The molecule has 0 N–H and O–H groups in total. The van der Waals surface area contributed by atoms with Gasteiger partial charge in [0.15, 0.2) is 0 Å². The highest BCUT2D eigenvalue weighted by Gasteiger charge is 2.06. The van der Waals surface area contributed by atoms with Crippen molar-refractivity contribution in [3.8, 4) is 5.69 Å². The molecule has 0 spiro atoms. The lowest BCUT2D eigenvalue weighted by Gasteiger charge is -2.04. The second-order valence-corrected chi connectivity index (χ2v) is 4.16. The Labute approximate surface area is 104 Å². The molecule has 1 aromatic heterocycles. The molecular formula is C14H11N3O. The van der Waals surface area contributed by atoms with Crippen LogP contribution in [0.1, 0.15) is 5.56 Å². The molecule has 88 valence electrons. The van der Waals surface area contributed by atoms with Crippen molar-refractivity contribution in [1.82, 2.24) is 15.0 Å². The molecule has 4 nitrogen and oxygen atoms in total. The highest BCUT2D eigenvalue weighted by Crippen LogP contribution is 2.09. The summed E-state index contributed by atoms with van der Waals surface area (Å²) in [6.45, 7) is 1.95. The molecule has 0 saturated carbocycles. The van der Waals surface area contributed by atoms with Gasteiger partial charge >= 0.3 is 0 Å². The van der Waals surface area contributed by atoms with Gasteiger partial charge in [0.1, 0.15) is 5.52 Å². The summed E-state index contributed by atoms with van der Waals surface area (Å²) in [5, 5.41) is 8.62. The van der Waals surface area contributed by atoms with Gasteiger partial charge in [-0.1, -0.05) is 35.0 Å². The molecule has 0 fully saturated rings. The minimum atomic E-state index is -0.144. The lowest BCUT2D eigenvalue weighted by atomic mass is 10.2. The van der Waals surface area contributed by atoms with Crippen molar-refractivity contribution in [1.29, 1.82) is 0 Å². The predicted molar refractivity (Wildman–Crippen MR) is 69.9 cm³/mol. The third-order valence-electron chi connectivity index (χ3n) is 2.82. The lowest BCUT2D eigenvalue weighted by molar-refractivity contribution is 0.738. The fourth-order valence-corrected chi connectivity index (χ4v) is 1.89. The highest BCUT2D eigenvalue weighted by molar-refractivity contribution is 5.77. The average molecular weight is 237 g/mol. The zero-order valence-electron chi connectivity index (χ0n) is 9.87. The van der Waals surface area contributed by atoms with Gasteiger partial charge in [-0.3, -0.25) is 4.79 Å². The van der Waals surface area contributed by atoms with Crippen LogP contribution in [0.15, 0.2) is 53.3 Å². The fourth-order valence-electron chi connectivity index (χ4n) is 1.89. The molecule has 0 saturated heterocycles. The van der Waals surface area contributed by atoms with Crippen molar-refractivity contribution < 1.29 is 0 Å². The fraction of sp³-hybridized carbons (Fsp3) is 0.0714. The quantitative estimate of drug-likeness (QED) is 0.651. The Morgan fingerprint density at radius 1 is 1.06 bits per heavy atom. The Morgan fingerprint density at radius 2 is 1.83 bits per heavy atom. The molecule has 0 aliphatic rings. The van der Waals surface area contributed by atoms with Gasteiger partial charge in [-0.15, -0.1) is 5.10 Å². The number of rotatable bonds is 1. The molecule has 0 radical (unpaired) electrons. The van der Waals surface area contributed by atoms with Crippen molar-refractivity contribution in [2.75, 3.05) is 0 Å². The van der Waals surface area contributed by atoms with Gasteiger partial charge in [0.2, 0.25) is 0 Å². The Hall–Kier alpha value is -2.49. The molecule has 0 aliphatic heterocycles. The number of hydrogen-bond donors (Lipinski definition) is 0. The van der Waals surface area contributed by atoms with Crippen LogP contribution in [0.2, 0.25) is 0 Å². The van der Waals surface area contributed by atoms with E-state index in [2.05, 4.69) is 10.3 Å². The maximum atomic E-state index is 12.3. The Kier molecular flexibility index (Phi) is 2.41. The van der Waals surface area contributed by atoms with Crippen molar-refractivity contribution in [3.05, 3.63) is 64.4 Å². The zero-order chi connectivity index (χ0) is 12.5. The minimum absolute atomic E-state index is 0.144. The number of benzene rings is 2. The average Bonchev–Trinajstić information content (AvgIpc) is 2.41. The van der Waals surface area contributed by atoms with Crippen molar-refractivity contribution in [3.63, 3.8) is 0 Å². The van der Waals surface area contributed by atoms with E-state index in [-0.39, 0.29) is 5.56 Å². The molecule has 3 rings (SSSR count). The molecule has 0 aliphatic carbocycles. The molecule has 1 heterocycles. The van der Waals surface area contributed by atoms with E-state index in [1.165, 1.54) is 4.68 Å². The van der Waals surface area contributed by atoms with E-state index in [1.54, 1.807) is 0 Å². The summed E-state index contributed by atoms with van der Waals surface area (Å²) < 4.78 is 1.32. The molecule has 0 atom stereocenters. The largest absolute Gasteiger partial charge is 0.282 e. The zero-order valence-corrected chi connectivity index (χ0v) is 9.87. The molecule has 18 heavy (non-hydrogen) atoms. The molecular weight excluding hydrogens is 226 g/mol. The summed E-state index contributed by atoms with van der Waals surface area (Å²) in [5.41, 5.74) is 2.23. The van der Waals surface area contributed by atoms with Crippen molar-refractivity contribution >= 4 is 10.9 Å². The second-order valence-electron chi connectivity index (χ2n) is 4.16. The summed E-state index contributed by atoms with van der Waals surface area (Å²) in [4.78, 5) is 12.3. The summed E-state index contributed by atoms with van der Waals surface area (Å²) in [7, 11) is 0. The second kappa shape index (κ2) is 4.07. The predicted octanol–water partition coefficient (Wildman–Crippen LogP) is 2.09. The van der Waals surface area contributed by atoms with E-state index >= 15 is 0 Å². The third-order valence-corrected chi connectivity index (χ3v) is 2.82. The smallest absolute Gasteiger partial charge is 0.267 e. The van der Waals surface area contributed by atoms with Crippen LogP contribution < -0.4 is 5.56 Å². The maximum Gasteiger partial charge on any atom is 0.282 e. The van der Waals surface area contributed by atoms with Crippen LogP contribution in [-0.2, 0) is 0 Å². The standard InChI is InChI=1S/C14H11N3O/c1-10-7-8-13-12(9-10)14(18)17(16-15-13)11-5-3-2-4-6-11/h2-9H,1H3. The molecule has 0 amide bonds. The molecule has 2 aromatic carbocycles. The van der Waals surface area contributed by atoms with Gasteiger partial charge in [0.05, 0.1) is 11.1 Å². The van der Waals surface area contributed by atoms with Gasteiger partial charge in [-0.25, -0.2) is 0 Å². The third kappa shape index (κ3) is 1.68. The normalized spacial score (nSPS) is 10.7. The monoisotopic (exact) mass is 237 g/mol. The Balaban J connectivity index is 2.33. The number of para-hydroxylation sites is 1. The van der Waals surface area contributed by atoms with Crippen molar-refractivity contribution in [2.45, 2.75) is 6.92 Å². The van der Waals surface area contributed by atoms with Crippen LogP contribution in [-0.4, -0.2) is 15.0 Å². The van der Waals surface area contributed by atoms with Gasteiger partial charge in [-0.2, -0.15) is 4.68 Å². The first-order chi connectivity index (χ1) is 8.75. The first-order valence-corrected chi connectivity index (χ1v) is 5.67. The van der Waals surface area contributed by atoms with Crippen LogP contribution in [0.25, 0.3) is 16.6 Å². The van der Waals surface area contributed by atoms with E-state index in [0.29, 0.717) is 10.9 Å². The van der Waals surface area contributed by atoms with Gasteiger partial charge in [0, 0.05) is 0 Å². The summed E-state index contributed by atoms with van der Waals surface area (Å²) in [6.07, 6.45) is 0. The number of aromatic nitrogens is 3. The van der Waals surface area contributed by atoms with Crippen LogP contribution >= 0.6 is 0 Å². The number of fused-ring (bicyclic) bond motifs is 1. The van der Waals surface area contributed by atoms with Crippen LogP contribution in [0.3, 0.4) is 0 Å². The van der Waals surface area contributed by atoms with Gasteiger partial charge in [0.25, 0.3) is 5.56 Å². The van der Waals surface area contributed by atoms with E-state index in [0.717, 1.165) is 11.3 Å². The molecule has 4 heteroatoms. The number of hydrogen-bond acceptors (Lipinski definition) is 3. The number of aryl methyl sites for hydroxylation is 1. The Bertz CT molecular complexity index is 763. The summed E-state index contributed by atoms with van der Waals surface area (Å²) in [5.74, 6) is 0. The first kappa shape index (κ1) is 10.7. The van der Waals surface area contributed by atoms with E-state index in [4.69, 9.17) is 0 Å². The first-order valence-electron chi connectivity index (χ1n) is 5.67. The van der Waals surface area contributed by atoms with E-state index in [9.17, 15) is 4.79 Å². The topological polar surface area (TPSA) is 47.8 Å². The molecule has 3 aromatic rings. The van der Waals surface area contributed by atoms with Crippen LogP contribution in [0, 0.1) is 6.92 Å². The lowest BCUT2D eigenvalue weighted by Crippen LogP contribution is -2.22. The van der Waals surface area contributed by atoms with Gasteiger partial charge in [-0.05, 0) is 31.2 Å². The SMILES string of the molecule is Cc1ccc2nnn(-c3ccccc3)c(=O)c2c1. The summed E-state index contributed by atoms with van der Waals surface area (Å²) >= 11 is 0. The minimum Gasteiger partial charge on any atom is -0.267 e. The van der Waals surface area contributed by atoms with E-state index < -0.39 is 0 Å². The van der Waals surface area contributed by atoms with Gasteiger partial charge < -0.3 is 0 Å². The number of nitrogens with zero attached hydrogens (tertiary/aromatic N) is 3. The van der Waals surface area contributed by atoms with Crippen LogP contribution in [0.5, 0.6) is 0 Å².